The quantitative estimate of drug-likeness (QED) is 0.355. The largest absolute Gasteiger partial charge is 0.494 e. The van der Waals surface area contributed by atoms with Gasteiger partial charge >= 0.3 is 0 Å². The molecule has 0 aliphatic rings. The molecule has 138 valence electrons. The fraction of sp³-hybridized carbons (Fsp3) is 0.150. The molecule has 0 saturated heterocycles. The number of ether oxygens (including phenoxy) is 1. The van der Waals surface area contributed by atoms with E-state index in [1.807, 2.05) is 50.2 Å². The zero-order valence-corrected chi connectivity index (χ0v) is 15.2. The van der Waals surface area contributed by atoms with E-state index in [9.17, 15) is 4.79 Å². The highest BCUT2D eigenvalue weighted by Crippen LogP contribution is 2.21. The van der Waals surface area contributed by atoms with Gasteiger partial charge in [-0.25, -0.2) is 5.43 Å². The molecule has 0 aliphatic heterocycles. The van der Waals surface area contributed by atoms with Crippen molar-refractivity contribution in [3.8, 4) is 17.0 Å². The molecule has 0 bridgehead atoms. The van der Waals surface area contributed by atoms with E-state index in [0.717, 1.165) is 16.9 Å². The first-order valence-corrected chi connectivity index (χ1v) is 8.56. The number of carbonyl (C=O) groups excluding carboxylic acids is 1. The Morgan fingerprint density at radius 1 is 1.19 bits per heavy atom. The predicted octanol–water partition coefficient (Wildman–Crippen LogP) is 3.21. The van der Waals surface area contributed by atoms with Crippen molar-refractivity contribution in [3.63, 3.8) is 0 Å². The Morgan fingerprint density at radius 2 is 1.89 bits per heavy atom. The molecule has 27 heavy (non-hydrogen) atoms. The van der Waals surface area contributed by atoms with Crippen molar-refractivity contribution in [2.24, 2.45) is 5.10 Å². The lowest BCUT2D eigenvalue weighted by atomic mass is 10.1. The number of aromatic amines is 1. The second-order valence-corrected chi connectivity index (χ2v) is 5.88. The van der Waals surface area contributed by atoms with Crippen LogP contribution in [-0.2, 0) is 0 Å². The number of carbonyl (C=O) groups is 1. The molecule has 0 aliphatic carbocycles. The molecule has 1 amide bonds. The van der Waals surface area contributed by atoms with Gasteiger partial charge < -0.3 is 10.5 Å². The average Bonchev–Trinajstić information content (AvgIpc) is 3.17. The van der Waals surface area contributed by atoms with Crippen LogP contribution in [0.1, 0.15) is 29.9 Å². The van der Waals surface area contributed by atoms with Gasteiger partial charge in [0.15, 0.2) is 0 Å². The summed E-state index contributed by atoms with van der Waals surface area (Å²) in [6.45, 7) is 4.36. The van der Waals surface area contributed by atoms with Crippen molar-refractivity contribution in [1.82, 2.24) is 15.6 Å². The molecule has 7 nitrogen and oxygen atoms in total. The summed E-state index contributed by atoms with van der Waals surface area (Å²) < 4.78 is 5.42. The third kappa shape index (κ3) is 4.52. The molecule has 0 radical (unpaired) electrons. The summed E-state index contributed by atoms with van der Waals surface area (Å²) in [5.41, 5.74) is 12.3. The third-order valence-electron chi connectivity index (χ3n) is 3.94. The van der Waals surface area contributed by atoms with Crippen molar-refractivity contribution < 1.29 is 9.53 Å². The standard InChI is InChI=1S/C20H21N5O2/c1-3-27-17-10-6-15(7-11-17)18-12-19(24-23-18)20(26)25-22-13(2)14-4-8-16(21)9-5-14/h4-12H,3,21H2,1-2H3,(H,23,24)(H,25,26)/b22-13+. The van der Waals surface area contributed by atoms with E-state index < -0.39 is 0 Å². The Kier molecular flexibility index (Phi) is 5.51. The molecule has 0 atom stereocenters. The normalized spacial score (nSPS) is 11.3. The van der Waals surface area contributed by atoms with E-state index in [0.29, 0.717) is 29.4 Å². The van der Waals surface area contributed by atoms with Crippen LogP contribution in [0.15, 0.2) is 59.7 Å². The molecule has 3 aromatic rings. The van der Waals surface area contributed by atoms with Gasteiger partial charge in [0, 0.05) is 11.3 Å². The summed E-state index contributed by atoms with van der Waals surface area (Å²) in [6, 6.07) is 16.5. The van der Waals surface area contributed by atoms with Gasteiger partial charge in [-0.2, -0.15) is 10.2 Å². The van der Waals surface area contributed by atoms with Gasteiger partial charge in [-0.3, -0.25) is 9.89 Å². The molecule has 4 N–H and O–H groups in total. The molecule has 2 aromatic carbocycles. The van der Waals surface area contributed by atoms with Crippen molar-refractivity contribution in [2.45, 2.75) is 13.8 Å². The number of hydrogen-bond donors (Lipinski definition) is 3. The van der Waals surface area contributed by atoms with Crippen LogP contribution in [0, 0.1) is 0 Å². The molecule has 0 saturated carbocycles. The van der Waals surface area contributed by atoms with Crippen LogP contribution in [0.2, 0.25) is 0 Å². The minimum absolute atomic E-state index is 0.327. The van der Waals surface area contributed by atoms with Crippen LogP contribution >= 0.6 is 0 Å². The monoisotopic (exact) mass is 363 g/mol. The molecule has 3 rings (SSSR count). The minimum Gasteiger partial charge on any atom is -0.494 e. The number of benzene rings is 2. The van der Waals surface area contributed by atoms with Gasteiger partial charge in [0.1, 0.15) is 11.4 Å². The van der Waals surface area contributed by atoms with E-state index >= 15 is 0 Å². The molecule has 0 spiro atoms. The molecular formula is C20H21N5O2. The highest BCUT2D eigenvalue weighted by Gasteiger charge is 2.11. The summed E-state index contributed by atoms with van der Waals surface area (Å²) in [6.07, 6.45) is 0. The van der Waals surface area contributed by atoms with Crippen molar-refractivity contribution >= 4 is 17.3 Å². The predicted molar refractivity (Wildman–Crippen MR) is 106 cm³/mol. The number of hydrazone groups is 1. The number of nitrogens with zero attached hydrogens (tertiary/aromatic N) is 2. The van der Waals surface area contributed by atoms with Crippen molar-refractivity contribution in [3.05, 3.63) is 65.9 Å². The Hall–Kier alpha value is -3.61. The van der Waals surface area contributed by atoms with E-state index in [1.165, 1.54) is 0 Å². The number of nitrogens with two attached hydrogens (primary N) is 1. The molecular weight excluding hydrogens is 342 g/mol. The van der Waals surface area contributed by atoms with E-state index in [-0.39, 0.29) is 5.91 Å². The van der Waals surface area contributed by atoms with Gasteiger partial charge in [-0.15, -0.1) is 0 Å². The van der Waals surface area contributed by atoms with E-state index in [2.05, 4.69) is 20.7 Å². The zero-order chi connectivity index (χ0) is 19.2. The lowest BCUT2D eigenvalue weighted by Gasteiger charge is -2.03. The number of nitrogen functional groups attached to an aromatic ring is 1. The lowest BCUT2D eigenvalue weighted by Crippen LogP contribution is -2.19. The fourth-order valence-electron chi connectivity index (χ4n) is 2.46. The van der Waals surface area contributed by atoms with Crippen LogP contribution in [0.4, 0.5) is 5.69 Å². The maximum atomic E-state index is 12.3. The first-order valence-electron chi connectivity index (χ1n) is 8.56. The molecule has 1 aromatic heterocycles. The van der Waals surface area contributed by atoms with Crippen molar-refractivity contribution in [2.75, 3.05) is 12.3 Å². The van der Waals surface area contributed by atoms with Crippen LogP contribution in [0.5, 0.6) is 5.75 Å². The van der Waals surface area contributed by atoms with Crippen molar-refractivity contribution in [1.29, 1.82) is 0 Å². The number of anilines is 1. The molecule has 7 heteroatoms. The Bertz CT molecular complexity index is 943. The lowest BCUT2D eigenvalue weighted by molar-refractivity contribution is 0.0950. The highest BCUT2D eigenvalue weighted by atomic mass is 16.5. The maximum absolute atomic E-state index is 12.3. The maximum Gasteiger partial charge on any atom is 0.289 e. The molecule has 0 unspecified atom stereocenters. The number of H-pyrrole nitrogens is 1. The molecule has 1 heterocycles. The van der Waals surface area contributed by atoms with Gasteiger partial charge in [0.25, 0.3) is 5.91 Å². The van der Waals surface area contributed by atoms with Crippen LogP contribution in [0.3, 0.4) is 0 Å². The van der Waals surface area contributed by atoms with Gasteiger partial charge in [0.2, 0.25) is 0 Å². The molecule has 0 fully saturated rings. The van der Waals surface area contributed by atoms with Gasteiger partial charge in [0.05, 0.1) is 18.0 Å². The average molecular weight is 363 g/mol. The third-order valence-corrected chi connectivity index (χ3v) is 3.94. The van der Waals surface area contributed by atoms with Crippen LogP contribution in [-0.4, -0.2) is 28.4 Å². The summed E-state index contributed by atoms with van der Waals surface area (Å²) in [5.74, 6) is 0.428. The van der Waals surface area contributed by atoms with E-state index in [1.54, 1.807) is 18.2 Å². The zero-order valence-electron chi connectivity index (χ0n) is 15.2. The second-order valence-electron chi connectivity index (χ2n) is 5.88. The highest BCUT2D eigenvalue weighted by molar-refractivity contribution is 6.00. The van der Waals surface area contributed by atoms with Gasteiger partial charge in [-0.05, 0) is 61.9 Å². The fourth-order valence-corrected chi connectivity index (χ4v) is 2.46. The number of nitrogens with one attached hydrogen (secondary N) is 2. The minimum atomic E-state index is -0.366. The first kappa shape index (κ1) is 18.2. The first-order chi connectivity index (χ1) is 13.1. The number of hydrogen-bond acceptors (Lipinski definition) is 5. The Balaban J connectivity index is 1.67. The number of amides is 1. The van der Waals surface area contributed by atoms with Gasteiger partial charge in [-0.1, -0.05) is 12.1 Å². The summed E-state index contributed by atoms with van der Waals surface area (Å²) >= 11 is 0. The summed E-state index contributed by atoms with van der Waals surface area (Å²) in [4.78, 5) is 12.3. The summed E-state index contributed by atoms with van der Waals surface area (Å²) in [7, 11) is 0. The van der Waals surface area contributed by atoms with Crippen LogP contribution in [0.25, 0.3) is 11.3 Å². The second kappa shape index (κ2) is 8.18. The summed E-state index contributed by atoms with van der Waals surface area (Å²) in [5, 5.41) is 11.1. The SMILES string of the molecule is CCOc1ccc(-c2cc(C(=O)N/N=C(\C)c3ccc(N)cc3)[nH]n2)cc1. The van der Waals surface area contributed by atoms with Crippen LogP contribution < -0.4 is 15.9 Å². The smallest absolute Gasteiger partial charge is 0.289 e. The Morgan fingerprint density at radius 3 is 2.56 bits per heavy atom. The number of aromatic nitrogens is 2. The topological polar surface area (TPSA) is 105 Å². The van der Waals surface area contributed by atoms with E-state index in [4.69, 9.17) is 10.5 Å². The number of rotatable bonds is 6. The Labute approximate surface area is 157 Å².